The molecule has 0 saturated heterocycles. The molecule has 0 aliphatic heterocycles. The van der Waals surface area contributed by atoms with E-state index in [1.807, 2.05) is 37.3 Å². The maximum Gasteiger partial charge on any atom is 0.126 e. The van der Waals surface area contributed by atoms with Gasteiger partial charge in [-0.2, -0.15) is 0 Å². The molecule has 0 nitrogen and oxygen atoms in total. The molecule has 6 aromatic carbocycles. The quantitative estimate of drug-likeness (QED) is 0.136. The van der Waals surface area contributed by atoms with E-state index in [0.29, 0.717) is 11.1 Å². The zero-order valence-corrected chi connectivity index (χ0v) is 33.3. The van der Waals surface area contributed by atoms with E-state index >= 15 is 0 Å². The lowest BCUT2D eigenvalue weighted by Crippen LogP contribution is -1.80. The van der Waals surface area contributed by atoms with Crippen LogP contribution in [0.5, 0.6) is 0 Å². The summed E-state index contributed by atoms with van der Waals surface area (Å²) in [6, 6.07) is 43.7. The molecule has 284 valence electrons. The Morgan fingerprint density at radius 3 is 1.06 bits per heavy atom. The maximum atomic E-state index is 12.3. The van der Waals surface area contributed by atoms with Crippen LogP contribution in [0.2, 0.25) is 0 Å². The summed E-state index contributed by atoms with van der Waals surface area (Å²) in [5.41, 5.74) is 10.4. The van der Waals surface area contributed by atoms with Crippen molar-refractivity contribution in [3.63, 3.8) is 0 Å². The Labute approximate surface area is 322 Å². The van der Waals surface area contributed by atoms with Gasteiger partial charge in [-0.1, -0.05) is 150 Å². The van der Waals surface area contributed by atoms with Crippen LogP contribution in [0.1, 0.15) is 57.9 Å². The number of hydrogen-bond acceptors (Lipinski definition) is 0. The number of allylic oxidation sites excluding steroid dienone is 4. The van der Waals surface area contributed by atoms with Crippen molar-refractivity contribution in [1.82, 2.24) is 0 Å². The highest BCUT2D eigenvalue weighted by molar-refractivity contribution is 5.24. The van der Waals surface area contributed by atoms with Gasteiger partial charge in [0.15, 0.2) is 0 Å². The van der Waals surface area contributed by atoms with E-state index in [2.05, 4.69) is 120 Å². The predicted molar refractivity (Wildman–Crippen MR) is 224 cm³/mol. The van der Waals surface area contributed by atoms with E-state index in [4.69, 9.17) is 0 Å². The lowest BCUT2D eigenvalue weighted by atomic mass is 10.1. The summed E-state index contributed by atoms with van der Waals surface area (Å²) < 4.78 is 48.9. The lowest BCUT2D eigenvalue weighted by molar-refractivity contribution is 0.581. The Morgan fingerprint density at radius 2 is 0.778 bits per heavy atom. The zero-order valence-electron chi connectivity index (χ0n) is 33.3. The van der Waals surface area contributed by atoms with Crippen LogP contribution in [0.25, 0.3) is 0 Å². The molecule has 54 heavy (non-hydrogen) atoms. The monoisotopic (exact) mass is 732 g/mol. The first-order chi connectivity index (χ1) is 25.7. The standard InChI is InChI=1S/2C8H10.C7H6F2.2C7H7F.C7H8.C6H8/c1-7-3-5-8(2)6-4-7;1-7-5-3-4-6-8(7)2;1-5-2-6(8)4-7(9)3-5;1-6-3-2-4-7(8)5-6;1-6-4-2-3-5-7(6)8;1-7-5-3-2-4-6-7;1-6-4-2-3-5-6/h2*3-6H,1-2H3;2-4H,1H3;2*2-5H,1H3;2-6H,1H3;2,4-5H,3H2,1H3. The summed E-state index contributed by atoms with van der Waals surface area (Å²) in [4.78, 5) is 0. The van der Waals surface area contributed by atoms with Crippen LogP contribution in [0.15, 0.2) is 169 Å². The number of aryl methyl sites for hydroxylation is 8. The van der Waals surface area contributed by atoms with Crippen LogP contribution in [-0.2, 0) is 0 Å². The molecule has 0 bridgehead atoms. The molecule has 0 atom stereocenters. The highest BCUT2D eigenvalue weighted by atomic mass is 19.1. The third kappa shape index (κ3) is 23.9. The fraction of sp³-hybridized carbons (Fsp3) is 0.200. The van der Waals surface area contributed by atoms with Crippen molar-refractivity contribution in [2.45, 2.75) is 68.7 Å². The van der Waals surface area contributed by atoms with Gasteiger partial charge in [-0.25, -0.2) is 17.6 Å². The van der Waals surface area contributed by atoms with Crippen molar-refractivity contribution in [3.8, 4) is 0 Å². The molecular formula is C50H56F4. The average Bonchev–Trinajstić information content (AvgIpc) is 3.61. The summed E-state index contributed by atoms with van der Waals surface area (Å²) in [6.45, 7) is 17.9. The van der Waals surface area contributed by atoms with E-state index in [1.54, 1.807) is 32.0 Å². The molecule has 0 amide bonds. The minimum atomic E-state index is -0.521. The van der Waals surface area contributed by atoms with E-state index in [-0.39, 0.29) is 11.6 Å². The van der Waals surface area contributed by atoms with Crippen molar-refractivity contribution >= 4 is 0 Å². The average molecular weight is 733 g/mol. The molecule has 0 saturated carbocycles. The minimum Gasteiger partial charge on any atom is -0.207 e. The first kappa shape index (κ1) is 46.5. The van der Waals surface area contributed by atoms with Gasteiger partial charge in [0.2, 0.25) is 0 Å². The molecule has 4 heteroatoms. The van der Waals surface area contributed by atoms with Gasteiger partial charge in [0.25, 0.3) is 0 Å². The molecular weight excluding hydrogens is 677 g/mol. The second kappa shape index (κ2) is 27.2. The van der Waals surface area contributed by atoms with Crippen LogP contribution >= 0.6 is 0 Å². The summed E-state index contributed by atoms with van der Waals surface area (Å²) in [5, 5.41) is 0. The Kier molecular flexibility index (Phi) is 23.4. The van der Waals surface area contributed by atoms with E-state index in [0.717, 1.165) is 18.1 Å². The third-order valence-electron chi connectivity index (χ3n) is 7.60. The van der Waals surface area contributed by atoms with Crippen LogP contribution < -0.4 is 0 Å². The number of benzene rings is 6. The predicted octanol–water partition coefficient (Wildman–Crippen LogP) is 15.0. The molecule has 0 spiro atoms. The summed E-state index contributed by atoms with van der Waals surface area (Å²) >= 11 is 0. The molecule has 0 aromatic heterocycles. The number of halogens is 4. The molecule has 0 heterocycles. The second-order valence-corrected chi connectivity index (χ2v) is 13.0. The molecule has 7 rings (SSSR count). The van der Waals surface area contributed by atoms with Crippen molar-refractivity contribution in [2.75, 3.05) is 0 Å². The van der Waals surface area contributed by atoms with Gasteiger partial charge in [-0.3, -0.25) is 0 Å². The largest absolute Gasteiger partial charge is 0.207 e. The van der Waals surface area contributed by atoms with E-state index in [9.17, 15) is 17.6 Å². The van der Waals surface area contributed by atoms with Crippen molar-refractivity contribution < 1.29 is 17.6 Å². The summed E-state index contributed by atoms with van der Waals surface area (Å²) in [5.74, 6) is -1.34. The smallest absolute Gasteiger partial charge is 0.126 e. The van der Waals surface area contributed by atoms with Gasteiger partial charge in [0.05, 0.1) is 0 Å². The first-order valence-electron chi connectivity index (χ1n) is 17.9. The molecule has 1 aliphatic carbocycles. The molecule has 0 radical (unpaired) electrons. The topological polar surface area (TPSA) is 0 Å². The lowest BCUT2D eigenvalue weighted by Gasteiger charge is -1.93. The molecule has 0 fully saturated rings. The van der Waals surface area contributed by atoms with Gasteiger partial charge in [-0.15, -0.1) is 0 Å². The number of rotatable bonds is 0. The normalized spacial score (nSPS) is 10.3. The summed E-state index contributed by atoms with van der Waals surface area (Å²) in [7, 11) is 0. The Morgan fingerprint density at radius 1 is 0.352 bits per heavy atom. The molecule has 1 aliphatic rings. The molecule has 6 aromatic rings. The second-order valence-electron chi connectivity index (χ2n) is 13.0. The molecule has 0 N–H and O–H groups in total. The summed E-state index contributed by atoms with van der Waals surface area (Å²) in [6.07, 6.45) is 7.65. The van der Waals surface area contributed by atoms with Crippen molar-refractivity contribution in [3.05, 3.63) is 237 Å². The SMILES string of the molecule is CC1=CCC=C1.Cc1cc(F)cc(F)c1.Cc1ccc(C)cc1.Cc1cccc(F)c1.Cc1ccccc1.Cc1ccccc1C.Cc1ccccc1F. The maximum absolute atomic E-state index is 12.3. The highest BCUT2D eigenvalue weighted by Crippen LogP contribution is 2.07. The van der Waals surface area contributed by atoms with E-state index < -0.39 is 11.6 Å². The van der Waals surface area contributed by atoms with Crippen LogP contribution in [0, 0.1) is 78.7 Å². The van der Waals surface area contributed by atoms with Gasteiger partial charge < -0.3 is 0 Å². The van der Waals surface area contributed by atoms with Crippen molar-refractivity contribution in [1.29, 1.82) is 0 Å². The fourth-order valence-electron chi connectivity index (χ4n) is 4.26. The van der Waals surface area contributed by atoms with Crippen LogP contribution in [0.3, 0.4) is 0 Å². The number of hydrogen-bond donors (Lipinski definition) is 0. The van der Waals surface area contributed by atoms with Gasteiger partial charge >= 0.3 is 0 Å². The Bertz CT molecular complexity index is 1780. The van der Waals surface area contributed by atoms with Crippen LogP contribution in [-0.4, -0.2) is 0 Å². The minimum absolute atomic E-state index is 0.132. The molecule has 0 unspecified atom stereocenters. The van der Waals surface area contributed by atoms with Crippen molar-refractivity contribution in [2.24, 2.45) is 0 Å². The van der Waals surface area contributed by atoms with Crippen LogP contribution in [0.4, 0.5) is 17.6 Å². The third-order valence-corrected chi connectivity index (χ3v) is 7.60. The fourth-order valence-corrected chi connectivity index (χ4v) is 4.26. The first-order valence-corrected chi connectivity index (χ1v) is 17.9. The zero-order chi connectivity index (χ0) is 40.3. The van der Waals surface area contributed by atoms with Gasteiger partial charge in [0.1, 0.15) is 23.3 Å². The van der Waals surface area contributed by atoms with Gasteiger partial charge in [-0.05, 0) is 127 Å². The Hall–Kier alpha value is -5.48. The van der Waals surface area contributed by atoms with Gasteiger partial charge in [0, 0.05) is 6.07 Å². The van der Waals surface area contributed by atoms with E-state index in [1.165, 1.54) is 63.7 Å². The highest BCUT2D eigenvalue weighted by Gasteiger charge is 1.94. The Balaban J connectivity index is 0.000000316.